The molecule has 4 aromatic carbocycles. The van der Waals surface area contributed by atoms with Crippen LogP contribution in [0.1, 0.15) is 0 Å². The second kappa shape index (κ2) is 7.10. The lowest BCUT2D eigenvalue weighted by Crippen LogP contribution is -2.02. The van der Waals surface area contributed by atoms with Gasteiger partial charge in [-0.25, -0.2) is 0 Å². The molecule has 29 heavy (non-hydrogen) atoms. The Hall–Kier alpha value is -2.47. The van der Waals surface area contributed by atoms with Crippen LogP contribution in [0.4, 0.5) is 22.7 Å². The van der Waals surface area contributed by atoms with Gasteiger partial charge >= 0.3 is 0 Å². The van der Waals surface area contributed by atoms with Crippen LogP contribution < -0.4 is 10.6 Å². The van der Waals surface area contributed by atoms with Gasteiger partial charge in [0.25, 0.3) is 0 Å². The van der Waals surface area contributed by atoms with Crippen molar-refractivity contribution in [3.8, 4) is 0 Å². The molecule has 2 aliphatic rings. The molecule has 0 saturated carbocycles. The second-order valence-electron chi connectivity index (χ2n) is 6.81. The van der Waals surface area contributed by atoms with E-state index in [-0.39, 0.29) is 0 Å². The number of para-hydroxylation sites is 4. The van der Waals surface area contributed by atoms with Gasteiger partial charge in [0, 0.05) is 29.4 Å². The van der Waals surface area contributed by atoms with Crippen LogP contribution in [0, 0.1) is 0 Å². The number of hydrogen-bond donors (Lipinski definition) is 2. The third kappa shape index (κ3) is 3.10. The molecule has 2 N–H and O–H groups in total. The summed E-state index contributed by atoms with van der Waals surface area (Å²) < 4.78 is 0. The molecule has 0 unspecified atom stereocenters. The van der Waals surface area contributed by atoms with Crippen molar-refractivity contribution in [1.82, 2.24) is 0 Å². The third-order valence-corrected chi connectivity index (χ3v) is 8.32. The van der Waals surface area contributed by atoms with Gasteiger partial charge in [-0.1, -0.05) is 71.7 Å². The van der Waals surface area contributed by atoms with E-state index in [2.05, 4.69) is 95.6 Å². The molecule has 140 valence electrons. The Balaban J connectivity index is 1.38. The summed E-state index contributed by atoms with van der Waals surface area (Å²) in [5.74, 6) is 0. The lowest BCUT2D eigenvalue weighted by molar-refractivity contribution is 1.23. The fourth-order valence-corrected chi connectivity index (χ4v) is 6.78. The summed E-state index contributed by atoms with van der Waals surface area (Å²) in [7, 11) is 0. The van der Waals surface area contributed by atoms with E-state index in [0.29, 0.717) is 0 Å². The minimum atomic E-state index is 1.18. The first-order valence-corrected chi connectivity index (χ1v) is 11.8. The van der Waals surface area contributed by atoms with Gasteiger partial charge < -0.3 is 10.6 Å². The molecule has 2 nitrogen and oxygen atoms in total. The molecule has 0 bridgehead atoms. The first-order chi connectivity index (χ1) is 14.3. The minimum Gasteiger partial charge on any atom is -0.353 e. The average Bonchev–Trinajstić information content (AvgIpc) is 2.77. The molecular weight excluding hydrogens is 412 g/mol. The van der Waals surface area contributed by atoms with E-state index >= 15 is 0 Å². The lowest BCUT2D eigenvalue weighted by atomic mass is 10.2. The Bertz CT molecular complexity index is 1160. The highest BCUT2D eigenvalue weighted by Crippen LogP contribution is 2.52. The summed E-state index contributed by atoms with van der Waals surface area (Å²) in [5.41, 5.74) is 4.75. The molecule has 0 saturated heterocycles. The fraction of sp³-hybridized carbons (Fsp3) is 0. The zero-order valence-corrected chi connectivity index (χ0v) is 17.8. The van der Waals surface area contributed by atoms with E-state index in [1.807, 2.05) is 35.3 Å². The van der Waals surface area contributed by atoms with Gasteiger partial charge in [0.2, 0.25) is 0 Å². The molecule has 0 fully saturated rings. The summed E-state index contributed by atoms with van der Waals surface area (Å²) in [6.07, 6.45) is 0. The van der Waals surface area contributed by atoms with Crippen LogP contribution in [0.2, 0.25) is 0 Å². The van der Waals surface area contributed by atoms with Crippen molar-refractivity contribution in [2.24, 2.45) is 0 Å². The maximum Gasteiger partial charge on any atom is 0.0668 e. The van der Waals surface area contributed by atoms with Gasteiger partial charge in [-0.15, -0.1) is 0 Å². The largest absolute Gasteiger partial charge is 0.353 e. The maximum absolute atomic E-state index is 3.66. The summed E-state index contributed by atoms with van der Waals surface area (Å²) >= 11 is 5.48. The van der Waals surface area contributed by atoms with E-state index in [9.17, 15) is 0 Å². The molecule has 0 spiro atoms. The predicted octanol–water partition coefficient (Wildman–Crippen LogP) is 8.25. The van der Waals surface area contributed by atoms with Gasteiger partial charge in [0.05, 0.1) is 22.7 Å². The minimum absolute atomic E-state index is 1.18. The van der Waals surface area contributed by atoms with Crippen molar-refractivity contribution in [2.75, 3.05) is 10.6 Å². The van der Waals surface area contributed by atoms with Crippen molar-refractivity contribution in [3.05, 3.63) is 84.9 Å². The molecular formula is C24H16N2S3. The molecule has 2 aliphatic heterocycles. The lowest BCUT2D eigenvalue weighted by Gasteiger charge is -2.25. The van der Waals surface area contributed by atoms with E-state index in [4.69, 9.17) is 0 Å². The summed E-state index contributed by atoms with van der Waals surface area (Å²) in [6.45, 7) is 0. The summed E-state index contributed by atoms with van der Waals surface area (Å²) in [6, 6.07) is 30.1. The first kappa shape index (κ1) is 17.4. The molecule has 2 heterocycles. The van der Waals surface area contributed by atoms with Crippen LogP contribution in [0.15, 0.2) is 114 Å². The zero-order valence-electron chi connectivity index (χ0n) is 15.3. The maximum atomic E-state index is 3.66. The van der Waals surface area contributed by atoms with Crippen LogP contribution in [0.25, 0.3) is 0 Å². The zero-order chi connectivity index (χ0) is 19.2. The van der Waals surface area contributed by atoms with Gasteiger partial charge in [-0.3, -0.25) is 0 Å². The Kier molecular flexibility index (Phi) is 4.26. The Morgan fingerprint density at radius 1 is 0.483 bits per heavy atom. The van der Waals surface area contributed by atoms with E-state index in [1.165, 1.54) is 52.1 Å². The van der Waals surface area contributed by atoms with Crippen molar-refractivity contribution >= 4 is 58.0 Å². The molecule has 6 rings (SSSR count). The highest BCUT2D eigenvalue weighted by atomic mass is 32.2. The van der Waals surface area contributed by atoms with Crippen LogP contribution in [-0.2, 0) is 0 Å². The SMILES string of the molecule is c1ccc2c(c1)Nc1c(cccc1Sc1cccc3c1Nc1ccccc1S3)S2. The van der Waals surface area contributed by atoms with Crippen molar-refractivity contribution in [1.29, 1.82) is 0 Å². The van der Waals surface area contributed by atoms with Crippen molar-refractivity contribution in [3.63, 3.8) is 0 Å². The first-order valence-electron chi connectivity index (χ1n) is 9.37. The molecule has 5 heteroatoms. The molecule has 4 aromatic rings. The third-order valence-electron chi connectivity index (χ3n) is 4.93. The quantitative estimate of drug-likeness (QED) is 0.289. The highest BCUT2D eigenvalue weighted by Gasteiger charge is 2.22. The monoisotopic (exact) mass is 428 g/mol. The molecule has 0 aromatic heterocycles. The van der Waals surface area contributed by atoms with Crippen molar-refractivity contribution in [2.45, 2.75) is 29.4 Å². The Labute approximate surface area is 182 Å². The van der Waals surface area contributed by atoms with Gasteiger partial charge in [0.15, 0.2) is 0 Å². The van der Waals surface area contributed by atoms with E-state index < -0.39 is 0 Å². The number of nitrogens with one attached hydrogen (secondary N) is 2. The fourth-order valence-electron chi connectivity index (χ4n) is 3.55. The summed E-state index contributed by atoms with van der Waals surface area (Å²) in [5, 5.41) is 7.32. The molecule has 0 aliphatic carbocycles. The van der Waals surface area contributed by atoms with Crippen LogP contribution >= 0.6 is 35.3 Å². The molecule has 0 radical (unpaired) electrons. The number of benzene rings is 4. The Morgan fingerprint density at radius 2 is 0.931 bits per heavy atom. The van der Waals surface area contributed by atoms with Crippen LogP contribution in [0.3, 0.4) is 0 Å². The van der Waals surface area contributed by atoms with Gasteiger partial charge in [0.1, 0.15) is 0 Å². The molecule has 0 atom stereocenters. The van der Waals surface area contributed by atoms with Gasteiger partial charge in [-0.05, 0) is 48.5 Å². The standard InChI is InChI=1S/C24H16N2S3/c1-3-9-17-15(7-1)25-23-19(27-17)11-5-13-21(23)29-22-14-6-12-20-24(22)26-16-8-2-4-10-18(16)28-20/h1-14,25-26H. The number of fused-ring (bicyclic) bond motifs is 4. The number of anilines is 4. The average molecular weight is 429 g/mol. The Morgan fingerprint density at radius 3 is 1.45 bits per heavy atom. The number of rotatable bonds is 2. The van der Waals surface area contributed by atoms with E-state index in [1.54, 1.807) is 0 Å². The summed E-state index contributed by atoms with van der Waals surface area (Å²) in [4.78, 5) is 7.56. The predicted molar refractivity (Wildman–Crippen MR) is 125 cm³/mol. The van der Waals surface area contributed by atoms with Crippen LogP contribution in [-0.4, -0.2) is 0 Å². The second-order valence-corrected chi connectivity index (χ2v) is 10.1. The highest BCUT2D eigenvalue weighted by molar-refractivity contribution is 8.01. The van der Waals surface area contributed by atoms with Gasteiger partial charge in [-0.2, -0.15) is 0 Å². The number of hydrogen-bond acceptors (Lipinski definition) is 5. The van der Waals surface area contributed by atoms with Crippen molar-refractivity contribution < 1.29 is 0 Å². The molecule has 0 amide bonds. The van der Waals surface area contributed by atoms with Crippen LogP contribution in [0.5, 0.6) is 0 Å². The normalized spacial score (nSPS) is 13.2. The topological polar surface area (TPSA) is 24.1 Å². The van der Waals surface area contributed by atoms with E-state index in [0.717, 1.165) is 0 Å². The smallest absolute Gasteiger partial charge is 0.0668 e.